The van der Waals surface area contributed by atoms with Gasteiger partial charge in [0.15, 0.2) is 0 Å². The van der Waals surface area contributed by atoms with Crippen molar-refractivity contribution in [2.75, 3.05) is 19.6 Å². The van der Waals surface area contributed by atoms with Gasteiger partial charge in [-0.1, -0.05) is 75.4 Å². The second-order valence-corrected chi connectivity index (χ2v) is 10.3. The number of amides is 1. The molecule has 1 saturated heterocycles. The highest BCUT2D eigenvalue weighted by atomic mass is 16.4. The van der Waals surface area contributed by atoms with Crippen molar-refractivity contribution in [2.45, 2.75) is 65.0 Å². The number of phenolic OH excluding ortho intramolecular Hbond substituents is 1. The van der Waals surface area contributed by atoms with Gasteiger partial charge >= 0.3 is 5.97 Å². The van der Waals surface area contributed by atoms with Crippen molar-refractivity contribution >= 4 is 11.9 Å². The fourth-order valence-corrected chi connectivity index (χ4v) is 5.39. The number of aromatic hydroxyl groups is 1. The summed E-state index contributed by atoms with van der Waals surface area (Å²) in [6.07, 6.45) is 7.18. The number of nitrogens with zero attached hydrogens (tertiary/aromatic N) is 2. The van der Waals surface area contributed by atoms with E-state index in [1.54, 1.807) is 11.0 Å². The Labute approximate surface area is 221 Å². The van der Waals surface area contributed by atoms with Crippen molar-refractivity contribution in [3.05, 3.63) is 77.9 Å². The first-order valence-electron chi connectivity index (χ1n) is 13.6. The fourth-order valence-electron chi connectivity index (χ4n) is 5.39. The maximum atomic E-state index is 13.6. The molecule has 0 aromatic heterocycles. The van der Waals surface area contributed by atoms with E-state index in [0.29, 0.717) is 31.3 Å². The van der Waals surface area contributed by atoms with Gasteiger partial charge in [-0.15, -0.1) is 0 Å². The molecule has 37 heavy (non-hydrogen) atoms. The highest BCUT2D eigenvalue weighted by Crippen LogP contribution is 2.39. The van der Waals surface area contributed by atoms with Crippen LogP contribution in [0.2, 0.25) is 0 Å². The number of phenols is 1. The minimum atomic E-state index is -0.977. The van der Waals surface area contributed by atoms with Crippen LogP contribution >= 0.6 is 0 Å². The molecule has 0 spiro atoms. The molecule has 0 saturated carbocycles. The molecule has 6 heteroatoms. The largest absolute Gasteiger partial charge is 0.508 e. The number of carbonyl (C=O) groups is 2. The van der Waals surface area contributed by atoms with Crippen molar-refractivity contribution < 1.29 is 19.8 Å². The van der Waals surface area contributed by atoms with Crippen LogP contribution in [0.15, 0.2) is 66.7 Å². The third kappa shape index (κ3) is 7.93. The van der Waals surface area contributed by atoms with Crippen molar-refractivity contribution in [2.24, 2.45) is 11.8 Å². The number of piperidine rings is 1. The van der Waals surface area contributed by atoms with E-state index in [1.165, 1.54) is 0 Å². The molecule has 2 aromatic rings. The van der Waals surface area contributed by atoms with Crippen molar-refractivity contribution in [1.29, 1.82) is 0 Å². The maximum Gasteiger partial charge on any atom is 0.326 e. The summed E-state index contributed by atoms with van der Waals surface area (Å²) in [6, 6.07) is 16.1. The number of benzene rings is 2. The molecule has 1 aliphatic heterocycles. The molecule has 1 fully saturated rings. The van der Waals surface area contributed by atoms with Gasteiger partial charge in [0, 0.05) is 32.0 Å². The number of likely N-dealkylation sites (tertiary alicyclic amines) is 1. The third-order valence-corrected chi connectivity index (χ3v) is 7.68. The quantitative estimate of drug-likeness (QED) is 0.362. The predicted octanol–water partition coefficient (Wildman–Crippen LogP) is 5.68. The molecule has 200 valence electrons. The molecular formula is C31H42N2O4. The monoisotopic (exact) mass is 506 g/mol. The lowest BCUT2D eigenvalue weighted by molar-refractivity contribution is -0.150. The summed E-state index contributed by atoms with van der Waals surface area (Å²) in [5, 5.41) is 20.2. The van der Waals surface area contributed by atoms with Crippen LogP contribution in [0.5, 0.6) is 5.75 Å². The first kappa shape index (κ1) is 28.5. The summed E-state index contributed by atoms with van der Waals surface area (Å²) in [6.45, 7) is 8.34. The lowest BCUT2D eigenvalue weighted by Crippen LogP contribution is -2.48. The molecule has 2 N–H and O–H groups in total. The topological polar surface area (TPSA) is 81.1 Å². The van der Waals surface area contributed by atoms with Crippen LogP contribution < -0.4 is 0 Å². The van der Waals surface area contributed by atoms with E-state index in [1.807, 2.05) is 60.7 Å². The SMILES string of the molecule is CCC=CCCN(C(=O)CCN1CC[C@@H](C)[C@@H](C)C1c1cccc(O)c1)[C@@H](Cc1ccccc1)C(=O)O. The standard InChI is InChI=1S/C31H42N2O4/c1-4-5-6-10-18-33(28(31(36)37)21-25-12-8-7-9-13-25)29(35)17-20-32-19-16-23(2)24(3)30(32)26-14-11-15-27(34)22-26/h5-9,11-15,22-24,28,30,34H,4,10,16-21H2,1-3H3,(H,36,37)/t23-,24-,28+,30?/m1/s1. The van der Waals surface area contributed by atoms with E-state index >= 15 is 0 Å². The number of allylic oxidation sites excluding steroid dienone is 1. The van der Waals surface area contributed by atoms with Gasteiger partial charge in [-0.25, -0.2) is 4.79 Å². The second-order valence-electron chi connectivity index (χ2n) is 10.3. The van der Waals surface area contributed by atoms with Gasteiger partial charge in [0.1, 0.15) is 11.8 Å². The Bertz CT molecular complexity index is 1040. The smallest absolute Gasteiger partial charge is 0.326 e. The molecule has 6 nitrogen and oxygen atoms in total. The van der Waals surface area contributed by atoms with Crippen LogP contribution in [0.25, 0.3) is 0 Å². The highest BCUT2D eigenvalue weighted by Gasteiger charge is 2.35. The number of rotatable bonds is 12. The molecule has 1 aliphatic rings. The zero-order chi connectivity index (χ0) is 26.8. The second kappa shape index (κ2) is 14.0. The first-order valence-corrected chi connectivity index (χ1v) is 13.6. The summed E-state index contributed by atoms with van der Waals surface area (Å²) in [7, 11) is 0. The zero-order valence-electron chi connectivity index (χ0n) is 22.4. The summed E-state index contributed by atoms with van der Waals surface area (Å²) in [5.74, 6) is 0.0357. The number of aliphatic carboxylic acids is 1. The third-order valence-electron chi connectivity index (χ3n) is 7.68. The van der Waals surface area contributed by atoms with E-state index in [2.05, 4.69) is 25.7 Å². The molecule has 4 atom stereocenters. The van der Waals surface area contributed by atoms with Gasteiger partial charge in [-0.3, -0.25) is 9.69 Å². The van der Waals surface area contributed by atoms with Crippen molar-refractivity contribution in [3.63, 3.8) is 0 Å². The Morgan fingerprint density at radius 3 is 2.54 bits per heavy atom. The summed E-state index contributed by atoms with van der Waals surface area (Å²) in [4.78, 5) is 29.8. The van der Waals surface area contributed by atoms with Gasteiger partial charge in [-0.2, -0.15) is 0 Å². The van der Waals surface area contributed by atoms with Gasteiger partial charge in [0.05, 0.1) is 0 Å². The van der Waals surface area contributed by atoms with E-state index < -0.39 is 12.0 Å². The molecular weight excluding hydrogens is 464 g/mol. The Kier molecular flexibility index (Phi) is 10.8. The lowest BCUT2D eigenvalue weighted by Gasteiger charge is -2.44. The number of carboxylic acid groups (broad SMARTS) is 1. The van der Waals surface area contributed by atoms with E-state index in [4.69, 9.17) is 0 Å². The highest BCUT2D eigenvalue weighted by molar-refractivity contribution is 5.84. The van der Waals surface area contributed by atoms with Crippen LogP contribution in [0, 0.1) is 11.8 Å². The van der Waals surface area contributed by atoms with E-state index in [-0.39, 0.29) is 30.5 Å². The Morgan fingerprint density at radius 2 is 1.86 bits per heavy atom. The Hall–Kier alpha value is -3.12. The molecule has 3 rings (SSSR count). The average Bonchev–Trinajstić information content (AvgIpc) is 2.88. The number of carboxylic acids is 1. The molecule has 0 aliphatic carbocycles. The number of carbonyl (C=O) groups excluding carboxylic acids is 1. The van der Waals surface area contributed by atoms with Crippen LogP contribution in [-0.2, 0) is 16.0 Å². The van der Waals surface area contributed by atoms with Crippen molar-refractivity contribution in [3.8, 4) is 5.75 Å². The van der Waals surface area contributed by atoms with E-state index in [9.17, 15) is 19.8 Å². The molecule has 0 radical (unpaired) electrons. The Balaban J connectivity index is 1.78. The molecule has 2 aromatic carbocycles. The average molecular weight is 507 g/mol. The number of hydrogen-bond donors (Lipinski definition) is 2. The van der Waals surface area contributed by atoms with Crippen LogP contribution in [0.4, 0.5) is 0 Å². The van der Waals surface area contributed by atoms with Gasteiger partial charge in [0.2, 0.25) is 5.91 Å². The van der Waals surface area contributed by atoms with Crippen LogP contribution in [-0.4, -0.2) is 57.6 Å². The van der Waals surface area contributed by atoms with Gasteiger partial charge < -0.3 is 15.1 Å². The molecule has 0 bridgehead atoms. The van der Waals surface area contributed by atoms with E-state index in [0.717, 1.165) is 30.5 Å². The first-order chi connectivity index (χ1) is 17.8. The number of hydrogen-bond acceptors (Lipinski definition) is 4. The predicted molar refractivity (Wildman–Crippen MR) is 147 cm³/mol. The maximum absolute atomic E-state index is 13.6. The van der Waals surface area contributed by atoms with Crippen LogP contribution in [0.3, 0.4) is 0 Å². The fraction of sp³-hybridized carbons (Fsp3) is 0.484. The molecule has 1 amide bonds. The van der Waals surface area contributed by atoms with Crippen molar-refractivity contribution in [1.82, 2.24) is 9.80 Å². The van der Waals surface area contributed by atoms with Crippen LogP contribution in [0.1, 0.15) is 63.6 Å². The minimum absolute atomic E-state index is 0.101. The van der Waals surface area contributed by atoms with Gasteiger partial charge in [-0.05, 0) is 60.9 Å². The molecule has 1 unspecified atom stereocenters. The lowest BCUT2D eigenvalue weighted by atomic mass is 9.79. The normalized spacial score (nSPS) is 21.1. The minimum Gasteiger partial charge on any atom is -0.508 e. The zero-order valence-corrected chi connectivity index (χ0v) is 22.4. The summed E-state index contributed by atoms with van der Waals surface area (Å²) < 4.78 is 0. The summed E-state index contributed by atoms with van der Waals surface area (Å²) >= 11 is 0. The molecule has 1 heterocycles. The Morgan fingerprint density at radius 1 is 1.11 bits per heavy atom. The summed E-state index contributed by atoms with van der Waals surface area (Å²) in [5.41, 5.74) is 1.96. The van der Waals surface area contributed by atoms with Gasteiger partial charge in [0.25, 0.3) is 0 Å².